The number of hydrogen-bond acceptors (Lipinski definition) is 6. The van der Waals surface area contributed by atoms with Crippen molar-refractivity contribution in [2.45, 2.75) is 98.2 Å². The summed E-state index contributed by atoms with van der Waals surface area (Å²) in [5.41, 5.74) is 9.02. The zero-order chi connectivity index (χ0) is 38.8. The zero-order valence-electron chi connectivity index (χ0n) is 33.1. The molecule has 2 aliphatic heterocycles. The number of halogens is 1. The van der Waals surface area contributed by atoms with E-state index in [0.717, 1.165) is 128 Å². The SMILES string of the molecule is Cc1c(/C=C(\F)c2nc3c(n2C)CCN(C(C)C)C3)cccc1-c1cccc(NC(=O)c2nc3c(n2C)CCN(CCC24CCC(C(=O)O)(CC2)C4)C3)c1C. The van der Waals surface area contributed by atoms with E-state index < -0.39 is 11.4 Å². The molecule has 2 bridgehead atoms. The van der Waals surface area contributed by atoms with Crippen LogP contribution < -0.4 is 5.32 Å². The Balaban J connectivity index is 0.965. The summed E-state index contributed by atoms with van der Waals surface area (Å²) in [4.78, 5) is 40.2. The quantitative estimate of drug-likeness (QED) is 0.171. The minimum Gasteiger partial charge on any atom is -0.481 e. The fourth-order valence-electron chi connectivity index (χ4n) is 10.1. The summed E-state index contributed by atoms with van der Waals surface area (Å²) in [6, 6.07) is 12.2. The van der Waals surface area contributed by atoms with Gasteiger partial charge in [-0.1, -0.05) is 30.3 Å². The maximum absolute atomic E-state index is 16.0. The number of carbonyl (C=O) groups excluding carboxylic acids is 1. The van der Waals surface area contributed by atoms with Crippen LogP contribution in [0.1, 0.15) is 108 Å². The molecule has 8 rings (SSSR count). The van der Waals surface area contributed by atoms with Crippen LogP contribution in [0.5, 0.6) is 0 Å². The summed E-state index contributed by atoms with van der Waals surface area (Å²) in [7, 11) is 3.82. The van der Waals surface area contributed by atoms with Crippen molar-refractivity contribution in [2.75, 3.05) is 25.0 Å². The molecule has 4 heterocycles. The molecule has 2 saturated carbocycles. The lowest BCUT2D eigenvalue weighted by molar-refractivity contribution is -0.148. The van der Waals surface area contributed by atoms with Crippen molar-refractivity contribution in [3.8, 4) is 11.1 Å². The number of aliphatic carboxylic acids is 1. The molecule has 0 saturated heterocycles. The highest BCUT2D eigenvalue weighted by molar-refractivity contribution is 6.03. The molecule has 0 radical (unpaired) electrons. The Bertz CT molecular complexity index is 2210. The van der Waals surface area contributed by atoms with Gasteiger partial charge in [0, 0.05) is 76.2 Å². The minimum atomic E-state index is -0.613. The molecule has 11 heteroatoms. The lowest BCUT2D eigenvalue weighted by atomic mass is 9.80. The smallest absolute Gasteiger partial charge is 0.309 e. The van der Waals surface area contributed by atoms with Gasteiger partial charge in [0.2, 0.25) is 0 Å². The molecule has 55 heavy (non-hydrogen) atoms. The number of nitrogens with one attached hydrogen (secondary N) is 1. The van der Waals surface area contributed by atoms with Crippen LogP contribution in [0.25, 0.3) is 23.0 Å². The fraction of sp³-hybridized carbons (Fsp3) is 0.500. The summed E-state index contributed by atoms with van der Waals surface area (Å²) < 4.78 is 19.8. The van der Waals surface area contributed by atoms with Gasteiger partial charge in [0.25, 0.3) is 5.91 Å². The van der Waals surface area contributed by atoms with Crippen molar-refractivity contribution in [2.24, 2.45) is 24.9 Å². The average Bonchev–Trinajstić information content (AvgIpc) is 3.92. The Kier molecular flexibility index (Phi) is 9.60. The number of aromatic nitrogens is 4. The molecule has 1 amide bonds. The Morgan fingerprint density at radius 2 is 1.53 bits per heavy atom. The van der Waals surface area contributed by atoms with Gasteiger partial charge in [-0.2, -0.15) is 0 Å². The number of carbonyl (C=O) groups is 2. The molecule has 0 unspecified atom stereocenters. The van der Waals surface area contributed by atoms with Gasteiger partial charge in [-0.25, -0.2) is 14.4 Å². The van der Waals surface area contributed by atoms with Gasteiger partial charge in [-0.3, -0.25) is 19.4 Å². The molecule has 2 aliphatic carbocycles. The van der Waals surface area contributed by atoms with Crippen molar-refractivity contribution < 1.29 is 19.1 Å². The van der Waals surface area contributed by atoms with Crippen LogP contribution in [0.15, 0.2) is 36.4 Å². The maximum atomic E-state index is 16.0. The first-order valence-electron chi connectivity index (χ1n) is 20.0. The molecule has 2 fully saturated rings. The molecular weight excluding hydrogens is 694 g/mol. The monoisotopic (exact) mass is 747 g/mol. The number of rotatable bonds is 10. The van der Waals surface area contributed by atoms with E-state index in [4.69, 9.17) is 9.97 Å². The maximum Gasteiger partial charge on any atom is 0.309 e. The number of carboxylic acid groups (broad SMARTS) is 1. The molecule has 0 atom stereocenters. The van der Waals surface area contributed by atoms with Crippen molar-refractivity contribution in [3.63, 3.8) is 0 Å². The van der Waals surface area contributed by atoms with E-state index in [2.05, 4.69) is 29.0 Å². The molecular formula is C44H54FN7O3. The highest BCUT2D eigenvalue weighted by Crippen LogP contribution is 2.63. The van der Waals surface area contributed by atoms with Crippen molar-refractivity contribution in [1.82, 2.24) is 28.9 Å². The van der Waals surface area contributed by atoms with Crippen LogP contribution in [-0.4, -0.2) is 71.6 Å². The second kappa shape index (κ2) is 14.2. The summed E-state index contributed by atoms with van der Waals surface area (Å²) >= 11 is 0. The zero-order valence-corrected chi connectivity index (χ0v) is 33.1. The average molecular weight is 748 g/mol. The number of amides is 1. The van der Waals surface area contributed by atoms with Gasteiger partial charge in [0.05, 0.1) is 16.8 Å². The van der Waals surface area contributed by atoms with Crippen LogP contribution in [0.2, 0.25) is 0 Å². The Labute approximate surface area is 323 Å². The minimum absolute atomic E-state index is 0.155. The number of hydrogen-bond donors (Lipinski definition) is 2. The number of nitrogens with zero attached hydrogens (tertiary/aromatic N) is 6. The molecule has 2 aromatic heterocycles. The van der Waals surface area contributed by atoms with E-state index in [-0.39, 0.29) is 17.1 Å². The standard InChI is InChI=1S/C44H54FN7O3/c1-27(2)52-21-14-38-36(25-52)46-39(49(38)5)33(45)23-30-9-7-10-31(28(30)3)32-11-8-12-34(29(32)4)48-41(53)40-47-35-24-51(20-13-37(35)50(40)6)22-19-43-15-17-44(26-43,18-16-43)42(54)55/h7-12,23,27H,13-22,24-26H2,1-6H3,(H,48,53)(H,54,55)/b33-23-. The highest BCUT2D eigenvalue weighted by Gasteiger charge is 2.57. The van der Waals surface area contributed by atoms with Crippen LogP contribution in [0, 0.1) is 24.7 Å². The van der Waals surface area contributed by atoms with Crippen LogP contribution in [0.4, 0.5) is 10.1 Å². The lowest BCUT2D eigenvalue weighted by Crippen LogP contribution is -2.36. The Morgan fingerprint density at radius 3 is 2.22 bits per heavy atom. The molecule has 4 aromatic rings. The summed E-state index contributed by atoms with van der Waals surface area (Å²) in [5, 5.41) is 13.0. The van der Waals surface area contributed by atoms with Crippen LogP contribution in [0.3, 0.4) is 0 Å². The third-order valence-corrected chi connectivity index (χ3v) is 13.7. The van der Waals surface area contributed by atoms with Crippen LogP contribution in [-0.2, 0) is 44.8 Å². The Morgan fingerprint density at radius 1 is 0.891 bits per heavy atom. The predicted octanol–water partition coefficient (Wildman–Crippen LogP) is 7.71. The molecule has 10 nitrogen and oxygen atoms in total. The lowest BCUT2D eigenvalue weighted by Gasteiger charge is -2.32. The summed E-state index contributed by atoms with van der Waals surface area (Å²) in [6.07, 6.45) is 8.73. The van der Waals surface area contributed by atoms with Gasteiger partial charge in [0.15, 0.2) is 17.5 Å². The van der Waals surface area contributed by atoms with E-state index in [1.165, 1.54) is 0 Å². The van der Waals surface area contributed by atoms with Gasteiger partial charge in [-0.15, -0.1) is 0 Å². The van der Waals surface area contributed by atoms with Crippen molar-refractivity contribution in [3.05, 3.63) is 87.5 Å². The highest BCUT2D eigenvalue weighted by atomic mass is 19.1. The number of benzene rings is 2. The number of fused-ring (bicyclic) bond motifs is 4. The molecule has 4 aliphatic rings. The second-order valence-corrected chi connectivity index (χ2v) is 17.1. The van der Waals surface area contributed by atoms with E-state index in [1.807, 2.05) is 73.5 Å². The first-order chi connectivity index (χ1) is 26.3. The van der Waals surface area contributed by atoms with Gasteiger partial charge in [0.1, 0.15) is 0 Å². The summed E-state index contributed by atoms with van der Waals surface area (Å²) in [6.45, 7) is 12.6. The normalized spacial score (nSPS) is 22.7. The summed E-state index contributed by atoms with van der Waals surface area (Å²) in [5.74, 6) is -0.483. The first-order valence-corrected chi connectivity index (χ1v) is 20.0. The molecule has 2 N–H and O–H groups in total. The van der Waals surface area contributed by atoms with E-state index in [1.54, 1.807) is 6.08 Å². The third-order valence-electron chi connectivity index (χ3n) is 13.7. The molecule has 0 spiro atoms. The van der Waals surface area contributed by atoms with Crippen LogP contribution >= 0.6 is 0 Å². The Hall–Kier alpha value is -4.61. The van der Waals surface area contributed by atoms with E-state index >= 15 is 4.39 Å². The molecule has 290 valence electrons. The largest absolute Gasteiger partial charge is 0.481 e. The van der Waals surface area contributed by atoms with Gasteiger partial charge >= 0.3 is 5.97 Å². The second-order valence-electron chi connectivity index (χ2n) is 17.1. The van der Waals surface area contributed by atoms with E-state index in [0.29, 0.717) is 29.9 Å². The van der Waals surface area contributed by atoms with Gasteiger partial charge in [-0.05, 0) is 118 Å². The number of carboxylic acids is 1. The van der Waals surface area contributed by atoms with E-state index in [9.17, 15) is 14.7 Å². The predicted molar refractivity (Wildman–Crippen MR) is 213 cm³/mol. The third kappa shape index (κ3) is 6.63. The first kappa shape index (κ1) is 37.3. The van der Waals surface area contributed by atoms with Gasteiger partial charge < -0.3 is 19.6 Å². The number of anilines is 1. The van der Waals surface area contributed by atoms with Crippen molar-refractivity contribution in [1.29, 1.82) is 0 Å². The topological polar surface area (TPSA) is 109 Å². The fourth-order valence-corrected chi connectivity index (χ4v) is 10.1. The number of imidazole rings is 2. The van der Waals surface area contributed by atoms with Crippen molar-refractivity contribution >= 4 is 29.5 Å². The molecule has 2 aromatic carbocycles.